The highest BCUT2D eigenvalue weighted by Crippen LogP contribution is 2.43. The standard InChI is InChI=1S/C15H19N.ClH/c1-10(2)15-14-12(9-16-15)8-7-11-5-3-4-6-13(11)14;/h3-6,12,14-16H,1,7-9H2,2H3;1H. The van der Waals surface area contributed by atoms with Crippen molar-refractivity contribution in [3.8, 4) is 0 Å². The van der Waals surface area contributed by atoms with E-state index in [0.29, 0.717) is 12.0 Å². The monoisotopic (exact) mass is 249 g/mol. The first-order chi connectivity index (χ1) is 7.77. The predicted octanol–water partition coefficient (Wildman–Crippen LogP) is 3.30. The molecule has 1 N–H and O–H groups in total. The molecule has 3 unspecified atom stereocenters. The van der Waals surface area contributed by atoms with Gasteiger partial charge in [0, 0.05) is 12.0 Å². The lowest BCUT2D eigenvalue weighted by Gasteiger charge is -2.31. The molecule has 0 radical (unpaired) electrons. The van der Waals surface area contributed by atoms with Gasteiger partial charge in [0.15, 0.2) is 0 Å². The smallest absolute Gasteiger partial charge is 0.0346 e. The van der Waals surface area contributed by atoms with Crippen molar-refractivity contribution < 1.29 is 0 Å². The van der Waals surface area contributed by atoms with Gasteiger partial charge in [0.1, 0.15) is 0 Å². The quantitative estimate of drug-likeness (QED) is 0.753. The molecular formula is C15H20ClN. The summed E-state index contributed by atoms with van der Waals surface area (Å²) in [6, 6.07) is 9.44. The second kappa shape index (κ2) is 4.83. The first kappa shape index (κ1) is 12.7. The van der Waals surface area contributed by atoms with Crippen LogP contribution in [-0.2, 0) is 6.42 Å². The maximum atomic E-state index is 4.14. The van der Waals surface area contributed by atoms with Gasteiger partial charge in [0.25, 0.3) is 0 Å². The minimum Gasteiger partial charge on any atom is -0.309 e. The lowest BCUT2D eigenvalue weighted by Crippen LogP contribution is -2.28. The number of halogens is 1. The molecule has 17 heavy (non-hydrogen) atoms. The number of nitrogens with one attached hydrogen (secondary N) is 1. The van der Waals surface area contributed by atoms with E-state index in [1.807, 2.05) is 0 Å². The van der Waals surface area contributed by atoms with Crippen LogP contribution in [0.1, 0.15) is 30.4 Å². The molecule has 2 heteroatoms. The van der Waals surface area contributed by atoms with Crippen molar-refractivity contribution in [3.05, 3.63) is 47.5 Å². The van der Waals surface area contributed by atoms with Gasteiger partial charge in [-0.2, -0.15) is 0 Å². The predicted molar refractivity (Wildman–Crippen MR) is 74.8 cm³/mol. The fourth-order valence-electron chi connectivity index (χ4n) is 3.43. The fourth-order valence-corrected chi connectivity index (χ4v) is 3.43. The minimum atomic E-state index is 0. The Labute approximate surface area is 110 Å². The van der Waals surface area contributed by atoms with Crippen LogP contribution in [0.4, 0.5) is 0 Å². The van der Waals surface area contributed by atoms with Crippen molar-refractivity contribution in [3.63, 3.8) is 0 Å². The molecular weight excluding hydrogens is 230 g/mol. The molecule has 2 aliphatic rings. The highest BCUT2D eigenvalue weighted by molar-refractivity contribution is 5.85. The molecule has 3 rings (SSSR count). The third-order valence-corrected chi connectivity index (χ3v) is 4.20. The molecule has 1 nitrogen and oxygen atoms in total. The van der Waals surface area contributed by atoms with E-state index in [4.69, 9.17) is 0 Å². The Balaban J connectivity index is 0.00000108. The summed E-state index contributed by atoms with van der Waals surface area (Å²) in [6.45, 7) is 7.45. The van der Waals surface area contributed by atoms with E-state index in [0.717, 1.165) is 12.5 Å². The third kappa shape index (κ3) is 2.02. The lowest BCUT2D eigenvalue weighted by atomic mass is 9.73. The molecule has 0 spiro atoms. The Bertz CT molecular complexity index is 427. The number of benzene rings is 1. The fraction of sp³-hybridized carbons (Fsp3) is 0.467. The average Bonchev–Trinajstić information content (AvgIpc) is 2.73. The molecule has 1 aromatic rings. The van der Waals surface area contributed by atoms with Gasteiger partial charge in [-0.3, -0.25) is 0 Å². The molecule has 0 saturated carbocycles. The van der Waals surface area contributed by atoms with Gasteiger partial charge in [0.05, 0.1) is 0 Å². The summed E-state index contributed by atoms with van der Waals surface area (Å²) in [7, 11) is 0. The highest BCUT2D eigenvalue weighted by Gasteiger charge is 2.39. The Kier molecular flexibility index (Phi) is 3.60. The molecule has 0 amide bonds. The first-order valence-electron chi connectivity index (χ1n) is 6.24. The number of hydrogen-bond donors (Lipinski definition) is 1. The highest BCUT2D eigenvalue weighted by atomic mass is 35.5. The van der Waals surface area contributed by atoms with Crippen molar-refractivity contribution in [2.75, 3.05) is 6.54 Å². The molecule has 1 aromatic carbocycles. The van der Waals surface area contributed by atoms with Crippen LogP contribution in [0.15, 0.2) is 36.4 Å². The Morgan fingerprint density at radius 1 is 1.35 bits per heavy atom. The lowest BCUT2D eigenvalue weighted by molar-refractivity contribution is 0.432. The SMILES string of the molecule is C=C(C)C1NCC2CCc3ccccc3C21.Cl. The topological polar surface area (TPSA) is 12.0 Å². The number of hydrogen-bond acceptors (Lipinski definition) is 1. The van der Waals surface area contributed by atoms with Crippen molar-refractivity contribution in [1.29, 1.82) is 0 Å². The summed E-state index contributed by atoms with van der Waals surface area (Å²) >= 11 is 0. The molecule has 92 valence electrons. The summed E-state index contributed by atoms with van der Waals surface area (Å²) in [5.41, 5.74) is 4.40. The van der Waals surface area contributed by atoms with Crippen molar-refractivity contribution in [1.82, 2.24) is 5.32 Å². The number of rotatable bonds is 1. The van der Waals surface area contributed by atoms with E-state index in [1.54, 1.807) is 11.1 Å². The summed E-state index contributed by atoms with van der Waals surface area (Å²) in [5, 5.41) is 3.64. The van der Waals surface area contributed by atoms with Gasteiger partial charge < -0.3 is 5.32 Å². The van der Waals surface area contributed by atoms with Gasteiger partial charge in [-0.15, -0.1) is 12.4 Å². The molecule has 0 bridgehead atoms. The normalized spacial score (nSPS) is 30.1. The molecule has 1 saturated heterocycles. The van der Waals surface area contributed by atoms with E-state index < -0.39 is 0 Å². The zero-order chi connectivity index (χ0) is 11.1. The van der Waals surface area contributed by atoms with E-state index in [9.17, 15) is 0 Å². The second-order valence-electron chi connectivity index (χ2n) is 5.26. The van der Waals surface area contributed by atoms with Crippen LogP contribution >= 0.6 is 12.4 Å². The molecule has 1 fully saturated rings. The van der Waals surface area contributed by atoms with Crippen LogP contribution in [0.25, 0.3) is 0 Å². The molecule has 3 atom stereocenters. The zero-order valence-electron chi connectivity index (χ0n) is 10.3. The summed E-state index contributed by atoms with van der Waals surface area (Å²) in [6.07, 6.45) is 2.58. The van der Waals surface area contributed by atoms with Crippen molar-refractivity contribution in [2.24, 2.45) is 5.92 Å². The summed E-state index contributed by atoms with van der Waals surface area (Å²) in [5.74, 6) is 1.49. The van der Waals surface area contributed by atoms with Gasteiger partial charge in [-0.1, -0.05) is 36.4 Å². The van der Waals surface area contributed by atoms with Gasteiger partial charge in [-0.25, -0.2) is 0 Å². The van der Waals surface area contributed by atoms with Crippen LogP contribution < -0.4 is 5.32 Å². The maximum absolute atomic E-state index is 4.14. The molecule has 1 aliphatic heterocycles. The second-order valence-corrected chi connectivity index (χ2v) is 5.26. The average molecular weight is 250 g/mol. The van der Waals surface area contributed by atoms with Crippen LogP contribution in [0.5, 0.6) is 0 Å². The maximum Gasteiger partial charge on any atom is 0.0346 e. The van der Waals surface area contributed by atoms with E-state index in [2.05, 4.69) is 43.1 Å². The number of aryl methyl sites for hydroxylation is 1. The Morgan fingerprint density at radius 3 is 2.88 bits per heavy atom. The summed E-state index contributed by atoms with van der Waals surface area (Å²) in [4.78, 5) is 0. The van der Waals surface area contributed by atoms with Crippen molar-refractivity contribution >= 4 is 12.4 Å². The van der Waals surface area contributed by atoms with Crippen LogP contribution in [0.2, 0.25) is 0 Å². The van der Waals surface area contributed by atoms with E-state index in [-0.39, 0.29) is 12.4 Å². The number of fused-ring (bicyclic) bond motifs is 3. The van der Waals surface area contributed by atoms with Gasteiger partial charge in [0.2, 0.25) is 0 Å². The largest absolute Gasteiger partial charge is 0.309 e. The minimum absolute atomic E-state index is 0. The molecule has 1 heterocycles. The Morgan fingerprint density at radius 2 is 2.12 bits per heavy atom. The van der Waals surface area contributed by atoms with Gasteiger partial charge in [-0.05, 0) is 43.4 Å². The molecule has 1 aliphatic carbocycles. The van der Waals surface area contributed by atoms with Crippen molar-refractivity contribution in [2.45, 2.75) is 31.7 Å². The van der Waals surface area contributed by atoms with E-state index >= 15 is 0 Å². The third-order valence-electron chi connectivity index (χ3n) is 4.20. The Hall–Kier alpha value is -0.790. The first-order valence-corrected chi connectivity index (χ1v) is 6.24. The summed E-state index contributed by atoms with van der Waals surface area (Å²) < 4.78 is 0. The van der Waals surface area contributed by atoms with E-state index in [1.165, 1.54) is 18.4 Å². The van der Waals surface area contributed by atoms with Gasteiger partial charge >= 0.3 is 0 Å². The molecule has 0 aromatic heterocycles. The van der Waals surface area contributed by atoms with Crippen LogP contribution in [0, 0.1) is 5.92 Å². The van der Waals surface area contributed by atoms with Crippen LogP contribution in [-0.4, -0.2) is 12.6 Å². The van der Waals surface area contributed by atoms with Crippen LogP contribution in [0.3, 0.4) is 0 Å². The zero-order valence-corrected chi connectivity index (χ0v) is 11.1.